The number of benzene rings is 2. The molecule has 0 radical (unpaired) electrons. The van der Waals surface area contributed by atoms with Gasteiger partial charge in [0.25, 0.3) is 0 Å². The summed E-state index contributed by atoms with van der Waals surface area (Å²) in [7, 11) is 0. The van der Waals surface area contributed by atoms with Crippen molar-refractivity contribution >= 4 is 5.65 Å². The van der Waals surface area contributed by atoms with Crippen molar-refractivity contribution in [2.75, 3.05) is 0 Å². The van der Waals surface area contributed by atoms with Gasteiger partial charge in [-0.1, -0.05) is 48.5 Å². The summed E-state index contributed by atoms with van der Waals surface area (Å²) in [5.41, 5.74) is 7.01. The summed E-state index contributed by atoms with van der Waals surface area (Å²) in [6.07, 6.45) is 5.68. The zero-order chi connectivity index (χ0) is 16.5. The third-order valence-electron chi connectivity index (χ3n) is 4.25. The van der Waals surface area contributed by atoms with Crippen LogP contribution in [0.15, 0.2) is 67.1 Å². The van der Waals surface area contributed by atoms with Crippen molar-refractivity contribution in [3.05, 3.63) is 78.2 Å². The predicted octanol–water partition coefficient (Wildman–Crippen LogP) is 3.86. The van der Waals surface area contributed by atoms with E-state index >= 15 is 0 Å². The summed E-state index contributed by atoms with van der Waals surface area (Å²) < 4.78 is 2.06. The van der Waals surface area contributed by atoms with E-state index in [1.807, 2.05) is 48.8 Å². The lowest BCUT2D eigenvalue weighted by molar-refractivity contribution is 0.282. The molecule has 0 aliphatic heterocycles. The number of rotatable bonds is 3. The zero-order valence-corrected chi connectivity index (χ0v) is 13.3. The van der Waals surface area contributed by atoms with E-state index in [1.54, 1.807) is 6.20 Å². The Morgan fingerprint density at radius 3 is 2.50 bits per heavy atom. The first kappa shape index (κ1) is 14.6. The van der Waals surface area contributed by atoms with E-state index in [-0.39, 0.29) is 6.61 Å². The summed E-state index contributed by atoms with van der Waals surface area (Å²) in [6, 6.07) is 16.1. The highest BCUT2D eigenvalue weighted by Crippen LogP contribution is 2.25. The first-order valence-corrected chi connectivity index (χ1v) is 7.85. The van der Waals surface area contributed by atoms with Crippen molar-refractivity contribution in [3.8, 4) is 22.5 Å². The minimum Gasteiger partial charge on any atom is -0.392 e. The van der Waals surface area contributed by atoms with Crippen molar-refractivity contribution in [1.29, 1.82) is 0 Å². The van der Waals surface area contributed by atoms with E-state index in [1.165, 1.54) is 5.56 Å². The van der Waals surface area contributed by atoms with Crippen LogP contribution < -0.4 is 0 Å². The lowest BCUT2D eigenvalue weighted by Crippen LogP contribution is -1.94. The Bertz CT molecular complexity index is 1000. The van der Waals surface area contributed by atoms with Crippen molar-refractivity contribution in [2.45, 2.75) is 13.5 Å². The molecule has 0 atom stereocenters. The second-order valence-corrected chi connectivity index (χ2v) is 5.81. The number of imidazole rings is 1. The Hall–Kier alpha value is -2.98. The number of hydrogen-bond donors (Lipinski definition) is 1. The fourth-order valence-electron chi connectivity index (χ4n) is 2.88. The fraction of sp³-hybridized carbons (Fsp3) is 0.100. The molecular formula is C20H17N3O. The van der Waals surface area contributed by atoms with Gasteiger partial charge in [0.15, 0.2) is 5.65 Å². The number of aryl methyl sites for hydroxylation is 1. The smallest absolute Gasteiger partial charge is 0.155 e. The van der Waals surface area contributed by atoms with Gasteiger partial charge in [-0.2, -0.15) is 0 Å². The molecule has 2 aromatic carbocycles. The number of hydrogen-bond acceptors (Lipinski definition) is 3. The topological polar surface area (TPSA) is 50.4 Å². The van der Waals surface area contributed by atoms with Gasteiger partial charge in [0.2, 0.25) is 0 Å². The first-order valence-electron chi connectivity index (χ1n) is 7.85. The zero-order valence-electron chi connectivity index (χ0n) is 13.3. The van der Waals surface area contributed by atoms with Crippen LogP contribution in [0.2, 0.25) is 0 Å². The Balaban J connectivity index is 1.85. The van der Waals surface area contributed by atoms with Gasteiger partial charge in [-0.05, 0) is 18.1 Å². The van der Waals surface area contributed by atoms with Crippen LogP contribution in [0.25, 0.3) is 28.2 Å². The first-order chi connectivity index (χ1) is 11.8. The van der Waals surface area contributed by atoms with Gasteiger partial charge in [-0.3, -0.25) is 9.38 Å². The molecule has 0 amide bonds. The van der Waals surface area contributed by atoms with Crippen LogP contribution in [0.3, 0.4) is 0 Å². The molecule has 4 nitrogen and oxygen atoms in total. The Labute approximate surface area is 140 Å². The van der Waals surface area contributed by atoms with Gasteiger partial charge < -0.3 is 5.11 Å². The molecule has 0 aliphatic rings. The monoisotopic (exact) mass is 315 g/mol. The van der Waals surface area contributed by atoms with Crippen LogP contribution >= 0.6 is 0 Å². The van der Waals surface area contributed by atoms with Crippen LogP contribution in [0, 0.1) is 6.92 Å². The van der Waals surface area contributed by atoms with E-state index in [0.717, 1.165) is 33.7 Å². The average Bonchev–Trinajstić information content (AvgIpc) is 3.05. The summed E-state index contributed by atoms with van der Waals surface area (Å²) in [5.74, 6) is 0. The highest BCUT2D eigenvalue weighted by Gasteiger charge is 2.09. The lowest BCUT2D eigenvalue weighted by Gasteiger charge is -2.07. The maximum absolute atomic E-state index is 9.19. The Morgan fingerprint density at radius 2 is 1.75 bits per heavy atom. The summed E-state index contributed by atoms with van der Waals surface area (Å²) in [6.45, 7) is 2.14. The van der Waals surface area contributed by atoms with Gasteiger partial charge in [-0.25, -0.2) is 4.98 Å². The predicted molar refractivity (Wildman–Crippen MR) is 94.5 cm³/mol. The van der Waals surface area contributed by atoms with E-state index in [9.17, 15) is 5.11 Å². The Kier molecular flexibility index (Phi) is 3.59. The fourth-order valence-corrected chi connectivity index (χ4v) is 2.88. The van der Waals surface area contributed by atoms with Crippen LogP contribution in [-0.4, -0.2) is 19.5 Å². The van der Waals surface area contributed by atoms with Gasteiger partial charge in [0, 0.05) is 17.3 Å². The average molecular weight is 315 g/mol. The minimum atomic E-state index is 0.0504. The largest absolute Gasteiger partial charge is 0.392 e. The lowest BCUT2D eigenvalue weighted by atomic mass is 10.1. The quantitative estimate of drug-likeness (QED) is 0.624. The van der Waals surface area contributed by atoms with Crippen LogP contribution in [0.4, 0.5) is 0 Å². The minimum absolute atomic E-state index is 0.0504. The molecule has 2 aromatic heterocycles. The molecule has 4 aromatic rings. The molecule has 1 N–H and O–H groups in total. The van der Waals surface area contributed by atoms with Crippen molar-refractivity contribution in [1.82, 2.24) is 14.4 Å². The SMILES string of the molecule is Cc1ccccc1-c1cn2c(-c3ccc(CO)cc3)cnc2cn1. The van der Waals surface area contributed by atoms with Gasteiger partial charge in [0.05, 0.1) is 30.4 Å². The standard InChI is InChI=1S/C20H17N3O/c1-14-4-2-3-5-17(14)18-12-23-19(10-22-20(23)11-21-18)16-8-6-15(13-24)7-9-16/h2-12,24H,13H2,1H3. The van der Waals surface area contributed by atoms with E-state index < -0.39 is 0 Å². The molecule has 0 bridgehead atoms. The third kappa shape index (κ3) is 2.47. The van der Waals surface area contributed by atoms with Gasteiger partial charge >= 0.3 is 0 Å². The van der Waals surface area contributed by atoms with Crippen LogP contribution in [0.1, 0.15) is 11.1 Å². The maximum Gasteiger partial charge on any atom is 0.155 e. The second kappa shape index (κ2) is 5.91. The molecule has 0 aliphatic carbocycles. The highest BCUT2D eigenvalue weighted by molar-refractivity contribution is 5.68. The molecule has 0 unspecified atom stereocenters. The molecule has 4 rings (SSSR count). The molecule has 4 heteroatoms. The molecule has 0 spiro atoms. The molecule has 0 saturated carbocycles. The summed E-state index contributed by atoms with van der Waals surface area (Å²) >= 11 is 0. The van der Waals surface area contributed by atoms with Crippen LogP contribution in [0.5, 0.6) is 0 Å². The van der Waals surface area contributed by atoms with E-state index in [4.69, 9.17) is 0 Å². The molecule has 2 heterocycles. The van der Waals surface area contributed by atoms with Crippen molar-refractivity contribution < 1.29 is 5.11 Å². The van der Waals surface area contributed by atoms with E-state index in [2.05, 4.69) is 33.4 Å². The number of fused-ring (bicyclic) bond motifs is 1. The van der Waals surface area contributed by atoms with Gasteiger partial charge in [-0.15, -0.1) is 0 Å². The van der Waals surface area contributed by atoms with Gasteiger partial charge in [0.1, 0.15) is 0 Å². The molecule has 0 saturated heterocycles. The molecule has 24 heavy (non-hydrogen) atoms. The van der Waals surface area contributed by atoms with Crippen molar-refractivity contribution in [3.63, 3.8) is 0 Å². The third-order valence-corrected chi connectivity index (χ3v) is 4.25. The van der Waals surface area contributed by atoms with Crippen molar-refractivity contribution in [2.24, 2.45) is 0 Å². The highest BCUT2D eigenvalue weighted by atomic mass is 16.3. The van der Waals surface area contributed by atoms with E-state index in [0.29, 0.717) is 0 Å². The molecular weight excluding hydrogens is 298 g/mol. The summed E-state index contributed by atoms with van der Waals surface area (Å²) in [5, 5.41) is 9.19. The van der Waals surface area contributed by atoms with Crippen LogP contribution in [-0.2, 0) is 6.61 Å². The second-order valence-electron chi connectivity index (χ2n) is 5.81. The normalized spacial score (nSPS) is 11.1. The number of aliphatic hydroxyl groups excluding tert-OH is 1. The number of nitrogens with zero attached hydrogens (tertiary/aromatic N) is 3. The number of aliphatic hydroxyl groups is 1. The molecule has 0 fully saturated rings. The Morgan fingerprint density at radius 1 is 0.958 bits per heavy atom. The summed E-state index contributed by atoms with van der Waals surface area (Å²) in [4.78, 5) is 9.00. The maximum atomic E-state index is 9.19. The molecule has 118 valence electrons. The number of aromatic nitrogens is 3.